The van der Waals surface area contributed by atoms with Crippen molar-refractivity contribution in [2.24, 2.45) is 0 Å². The van der Waals surface area contributed by atoms with Crippen LogP contribution in [0.15, 0.2) is 60.7 Å². The molecule has 5 rings (SSSR count). The summed E-state index contributed by atoms with van der Waals surface area (Å²) in [5, 5.41) is 2.84. The van der Waals surface area contributed by atoms with Crippen LogP contribution in [0.4, 0.5) is 5.69 Å². The summed E-state index contributed by atoms with van der Waals surface area (Å²) < 4.78 is 10.5. The summed E-state index contributed by atoms with van der Waals surface area (Å²) in [6.07, 6.45) is 0.524. The number of H-pyrrole nitrogens is 1. The van der Waals surface area contributed by atoms with E-state index in [-0.39, 0.29) is 17.0 Å². The standard InChI is InChI=1S/C26H22N4O5/c1-34-21-10-8-16(14-22(21)35-2)30-25(32)17-9-7-15(13-18(17)26(30)33)24(31)27-12-11-23-28-19-5-3-4-6-20(19)29-23/h3-10,13-14H,11-12H2,1-2H3,(H,27,31)(H,28,29). The van der Waals surface area contributed by atoms with Crippen molar-refractivity contribution in [3.63, 3.8) is 0 Å². The molecule has 176 valence electrons. The van der Waals surface area contributed by atoms with Crippen molar-refractivity contribution in [2.45, 2.75) is 6.42 Å². The summed E-state index contributed by atoms with van der Waals surface area (Å²) in [5.74, 6) is 0.337. The van der Waals surface area contributed by atoms with Crippen molar-refractivity contribution in [3.05, 3.63) is 83.2 Å². The Kier molecular flexibility index (Phi) is 5.66. The number of amides is 3. The van der Waals surface area contributed by atoms with E-state index in [0.29, 0.717) is 35.7 Å². The number of fused-ring (bicyclic) bond motifs is 2. The summed E-state index contributed by atoms with van der Waals surface area (Å²) in [5.41, 5.74) is 2.87. The number of hydrogen-bond donors (Lipinski definition) is 2. The molecule has 0 saturated carbocycles. The van der Waals surface area contributed by atoms with E-state index in [1.54, 1.807) is 24.3 Å². The fourth-order valence-electron chi connectivity index (χ4n) is 4.10. The summed E-state index contributed by atoms with van der Waals surface area (Å²) >= 11 is 0. The van der Waals surface area contributed by atoms with Crippen LogP contribution in [0, 0.1) is 0 Å². The van der Waals surface area contributed by atoms with Gasteiger partial charge < -0.3 is 19.8 Å². The van der Waals surface area contributed by atoms with Gasteiger partial charge in [0, 0.05) is 24.6 Å². The fraction of sp³-hybridized carbons (Fsp3) is 0.154. The molecule has 4 aromatic rings. The number of nitrogens with zero attached hydrogens (tertiary/aromatic N) is 2. The van der Waals surface area contributed by atoms with E-state index in [1.165, 1.54) is 26.4 Å². The SMILES string of the molecule is COc1ccc(N2C(=O)c3ccc(C(=O)NCCc4nc5ccccc5[nH]4)cc3C2=O)cc1OC. The third kappa shape index (κ3) is 3.97. The first-order valence-corrected chi connectivity index (χ1v) is 11.0. The number of para-hydroxylation sites is 2. The molecule has 3 amide bonds. The first kappa shape index (κ1) is 22.1. The van der Waals surface area contributed by atoms with Crippen molar-refractivity contribution in [1.82, 2.24) is 15.3 Å². The number of aromatic amines is 1. The summed E-state index contributed by atoms with van der Waals surface area (Å²) in [6, 6.07) is 17.0. The number of carbonyl (C=O) groups excluding carboxylic acids is 3. The number of nitrogens with one attached hydrogen (secondary N) is 2. The largest absolute Gasteiger partial charge is 0.493 e. The van der Waals surface area contributed by atoms with Gasteiger partial charge in [0.2, 0.25) is 0 Å². The Morgan fingerprint density at radius 3 is 2.49 bits per heavy atom. The highest BCUT2D eigenvalue weighted by Gasteiger charge is 2.37. The third-order valence-corrected chi connectivity index (χ3v) is 5.86. The second-order valence-corrected chi connectivity index (χ2v) is 7.95. The second kappa shape index (κ2) is 8.94. The quantitative estimate of drug-likeness (QED) is 0.401. The number of anilines is 1. The van der Waals surface area contributed by atoms with Gasteiger partial charge in [-0.1, -0.05) is 12.1 Å². The van der Waals surface area contributed by atoms with Crippen molar-refractivity contribution < 1.29 is 23.9 Å². The number of methoxy groups -OCH3 is 2. The molecule has 2 N–H and O–H groups in total. The van der Waals surface area contributed by atoms with E-state index in [4.69, 9.17) is 9.47 Å². The predicted molar refractivity (Wildman–Crippen MR) is 129 cm³/mol. The summed E-state index contributed by atoms with van der Waals surface area (Å²) in [7, 11) is 2.98. The average Bonchev–Trinajstić information content (AvgIpc) is 3.41. The molecule has 3 aromatic carbocycles. The van der Waals surface area contributed by atoms with E-state index in [0.717, 1.165) is 21.8 Å². The maximum absolute atomic E-state index is 13.1. The van der Waals surface area contributed by atoms with Crippen LogP contribution in [-0.4, -0.2) is 48.5 Å². The number of ether oxygens (including phenoxy) is 2. The van der Waals surface area contributed by atoms with Gasteiger partial charge in [0.15, 0.2) is 11.5 Å². The Bertz CT molecular complexity index is 1440. The molecule has 0 aliphatic carbocycles. The number of carbonyl (C=O) groups is 3. The molecule has 0 saturated heterocycles. The molecule has 9 nitrogen and oxygen atoms in total. The molecule has 9 heteroatoms. The van der Waals surface area contributed by atoms with Crippen LogP contribution in [0.1, 0.15) is 36.9 Å². The molecule has 1 aliphatic heterocycles. The van der Waals surface area contributed by atoms with Crippen LogP contribution < -0.4 is 19.7 Å². The number of rotatable bonds is 7. The number of imidazole rings is 1. The summed E-state index contributed by atoms with van der Waals surface area (Å²) in [4.78, 5) is 47.6. The van der Waals surface area contributed by atoms with Gasteiger partial charge in [-0.15, -0.1) is 0 Å². The van der Waals surface area contributed by atoms with Gasteiger partial charge in [-0.05, 0) is 42.5 Å². The number of benzene rings is 3. The highest BCUT2D eigenvalue weighted by Crippen LogP contribution is 2.35. The van der Waals surface area contributed by atoms with Crippen LogP contribution in [-0.2, 0) is 6.42 Å². The molecule has 0 spiro atoms. The zero-order chi connectivity index (χ0) is 24.5. The van der Waals surface area contributed by atoms with E-state index in [1.807, 2.05) is 24.3 Å². The van der Waals surface area contributed by atoms with Gasteiger partial charge in [-0.25, -0.2) is 9.88 Å². The van der Waals surface area contributed by atoms with Crippen LogP contribution in [0.25, 0.3) is 11.0 Å². The third-order valence-electron chi connectivity index (χ3n) is 5.86. The van der Waals surface area contributed by atoms with E-state index in [9.17, 15) is 14.4 Å². The minimum absolute atomic E-state index is 0.176. The van der Waals surface area contributed by atoms with Gasteiger partial charge >= 0.3 is 0 Å². The van der Waals surface area contributed by atoms with Crippen molar-refractivity contribution in [3.8, 4) is 11.5 Å². The molecular formula is C26H22N4O5. The molecule has 1 aliphatic rings. The molecule has 0 unspecified atom stereocenters. The van der Waals surface area contributed by atoms with E-state index >= 15 is 0 Å². The topological polar surface area (TPSA) is 114 Å². The molecule has 0 fully saturated rings. The lowest BCUT2D eigenvalue weighted by Crippen LogP contribution is -2.29. The van der Waals surface area contributed by atoms with Gasteiger partial charge in [-0.2, -0.15) is 0 Å². The Morgan fingerprint density at radius 1 is 0.943 bits per heavy atom. The van der Waals surface area contributed by atoms with Crippen LogP contribution in [0.3, 0.4) is 0 Å². The summed E-state index contributed by atoms with van der Waals surface area (Å²) in [6.45, 7) is 0.361. The predicted octanol–water partition coefficient (Wildman–Crippen LogP) is 3.35. The zero-order valence-electron chi connectivity index (χ0n) is 19.1. The Morgan fingerprint density at radius 2 is 1.71 bits per heavy atom. The molecule has 2 heterocycles. The molecule has 35 heavy (non-hydrogen) atoms. The number of imide groups is 1. The first-order valence-electron chi connectivity index (χ1n) is 11.0. The van der Waals surface area contributed by atoms with Crippen LogP contribution in [0.2, 0.25) is 0 Å². The van der Waals surface area contributed by atoms with Gasteiger partial charge in [0.05, 0.1) is 42.1 Å². The van der Waals surface area contributed by atoms with Crippen molar-refractivity contribution >= 4 is 34.4 Å². The van der Waals surface area contributed by atoms with Gasteiger partial charge in [0.25, 0.3) is 17.7 Å². The second-order valence-electron chi connectivity index (χ2n) is 7.95. The minimum Gasteiger partial charge on any atom is -0.493 e. The Balaban J connectivity index is 1.30. The maximum Gasteiger partial charge on any atom is 0.266 e. The Hall–Kier alpha value is -4.66. The monoisotopic (exact) mass is 470 g/mol. The number of aromatic nitrogens is 2. The number of hydrogen-bond acceptors (Lipinski definition) is 6. The lowest BCUT2D eigenvalue weighted by Gasteiger charge is -2.16. The van der Waals surface area contributed by atoms with Crippen LogP contribution >= 0.6 is 0 Å². The fourth-order valence-corrected chi connectivity index (χ4v) is 4.10. The average molecular weight is 470 g/mol. The molecule has 0 atom stereocenters. The lowest BCUT2D eigenvalue weighted by molar-refractivity contribution is 0.0923. The molecular weight excluding hydrogens is 448 g/mol. The highest BCUT2D eigenvalue weighted by atomic mass is 16.5. The maximum atomic E-state index is 13.1. The van der Waals surface area contributed by atoms with Crippen molar-refractivity contribution in [1.29, 1.82) is 0 Å². The Labute approximate surface area is 200 Å². The van der Waals surface area contributed by atoms with Crippen LogP contribution in [0.5, 0.6) is 11.5 Å². The first-order chi connectivity index (χ1) is 17.0. The highest BCUT2D eigenvalue weighted by molar-refractivity contribution is 6.34. The molecule has 0 radical (unpaired) electrons. The molecule has 0 bridgehead atoms. The lowest BCUT2D eigenvalue weighted by atomic mass is 10.1. The molecule has 1 aromatic heterocycles. The van der Waals surface area contributed by atoms with Crippen molar-refractivity contribution in [2.75, 3.05) is 25.7 Å². The minimum atomic E-state index is -0.505. The zero-order valence-corrected chi connectivity index (χ0v) is 19.1. The normalized spacial score (nSPS) is 12.7. The van der Waals surface area contributed by atoms with Gasteiger partial charge in [0.1, 0.15) is 5.82 Å². The smallest absolute Gasteiger partial charge is 0.266 e. The van der Waals surface area contributed by atoms with Gasteiger partial charge in [-0.3, -0.25) is 14.4 Å². The van der Waals surface area contributed by atoms with E-state index < -0.39 is 11.8 Å². The van der Waals surface area contributed by atoms with E-state index in [2.05, 4.69) is 15.3 Å².